The Morgan fingerprint density at radius 2 is 1.74 bits per heavy atom. The number of fused-ring (bicyclic) bond motifs is 1. The first kappa shape index (κ1) is 18.1. The molecule has 0 bridgehead atoms. The smallest absolute Gasteiger partial charge is 0.214 e. The van der Waals surface area contributed by atoms with E-state index in [4.69, 9.17) is 11.6 Å². The van der Waals surface area contributed by atoms with Crippen LogP contribution in [-0.4, -0.2) is 26.8 Å². The molecular formula is C21H25ClN5+. The lowest BCUT2D eigenvalue weighted by molar-refractivity contribution is -0.941. The highest BCUT2D eigenvalue weighted by molar-refractivity contribution is 6.30. The van der Waals surface area contributed by atoms with Gasteiger partial charge < -0.3 is 4.90 Å². The Balaban J connectivity index is 1.78. The van der Waals surface area contributed by atoms with Crippen LogP contribution in [0.5, 0.6) is 0 Å². The fourth-order valence-corrected chi connectivity index (χ4v) is 4.05. The van der Waals surface area contributed by atoms with Gasteiger partial charge in [-0.1, -0.05) is 48.0 Å². The molecule has 0 saturated carbocycles. The SMILES string of the molecule is CC(C)(C)n1nnnc1[C@@H](c1ccc(Cl)cc1)[NH+]1CCc2ccccc2C1. The molecule has 1 aliphatic heterocycles. The third kappa shape index (κ3) is 3.62. The van der Waals surface area contributed by atoms with Crippen molar-refractivity contribution in [2.24, 2.45) is 0 Å². The van der Waals surface area contributed by atoms with Crippen molar-refractivity contribution < 1.29 is 4.90 Å². The van der Waals surface area contributed by atoms with E-state index in [1.165, 1.54) is 21.6 Å². The van der Waals surface area contributed by atoms with Crippen LogP contribution in [0, 0.1) is 0 Å². The zero-order valence-corrected chi connectivity index (χ0v) is 16.7. The summed E-state index contributed by atoms with van der Waals surface area (Å²) in [5.41, 5.74) is 3.87. The minimum Gasteiger partial charge on any atom is -0.318 e. The quantitative estimate of drug-likeness (QED) is 0.757. The van der Waals surface area contributed by atoms with Crippen LogP contribution in [0.3, 0.4) is 0 Å². The van der Waals surface area contributed by atoms with Gasteiger partial charge in [0.1, 0.15) is 6.54 Å². The Morgan fingerprint density at radius 1 is 1.04 bits per heavy atom. The second-order valence-electron chi connectivity index (χ2n) is 8.21. The maximum atomic E-state index is 6.15. The van der Waals surface area contributed by atoms with E-state index in [-0.39, 0.29) is 11.6 Å². The van der Waals surface area contributed by atoms with E-state index in [0.717, 1.165) is 30.4 Å². The van der Waals surface area contributed by atoms with Gasteiger partial charge >= 0.3 is 0 Å². The summed E-state index contributed by atoms with van der Waals surface area (Å²) in [7, 11) is 0. The second kappa shape index (κ2) is 7.06. The maximum Gasteiger partial charge on any atom is 0.214 e. The first-order chi connectivity index (χ1) is 12.9. The normalized spacial score (nSPS) is 18.1. The molecule has 140 valence electrons. The summed E-state index contributed by atoms with van der Waals surface area (Å²) in [5.74, 6) is 0.902. The van der Waals surface area contributed by atoms with E-state index in [1.54, 1.807) is 0 Å². The molecule has 4 rings (SSSR count). The lowest BCUT2D eigenvalue weighted by Gasteiger charge is -2.33. The molecule has 2 atom stereocenters. The zero-order chi connectivity index (χ0) is 19.0. The average molecular weight is 383 g/mol. The summed E-state index contributed by atoms with van der Waals surface area (Å²) in [4.78, 5) is 1.45. The van der Waals surface area contributed by atoms with E-state index in [9.17, 15) is 0 Å². The van der Waals surface area contributed by atoms with Crippen molar-refractivity contribution in [3.05, 3.63) is 76.1 Å². The molecule has 1 N–H and O–H groups in total. The molecule has 0 aliphatic carbocycles. The Bertz CT molecular complexity index is 926. The van der Waals surface area contributed by atoms with Crippen LogP contribution >= 0.6 is 11.6 Å². The van der Waals surface area contributed by atoms with Crippen molar-refractivity contribution in [1.82, 2.24) is 20.2 Å². The standard InChI is InChI=1S/C21H24ClN5/c1-21(2,3)27-20(23-24-25-27)19(16-8-10-18(22)11-9-16)26-13-12-15-6-4-5-7-17(15)14-26/h4-11,19H,12-14H2,1-3H3/p+1/t19-/m1/s1. The van der Waals surface area contributed by atoms with Crippen LogP contribution in [-0.2, 0) is 18.5 Å². The molecule has 1 unspecified atom stereocenters. The summed E-state index contributed by atoms with van der Waals surface area (Å²) < 4.78 is 1.96. The largest absolute Gasteiger partial charge is 0.318 e. The minimum atomic E-state index is -0.184. The van der Waals surface area contributed by atoms with Crippen molar-refractivity contribution >= 4 is 11.6 Å². The number of nitrogens with zero attached hydrogens (tertiary/aromatic N) is 4. The Morgan fingerprint density at radius 3 is 2.44 bits per heavy atom. The van der Waals surface area contributed by atoms with Crippen LogP contribution < -0.4 is 4.90 Å². The molecular weight excluding hydrogens is 358 g/mol. The van der Waals surface area contributed by atoms with Crippen LogP contribution in [0.15, 0.2) is 48.5 Å². The molecule has 5 nitrogen and oxygen atoms in total. The molecule has 3 aromatic rings. The van der Waals surface area contributed by atoms with Crippen LogP contribution in [0.1, 0.15) is 49.3 Å². The van der Waals surface area contributed by atoms with E-state index < -0.39 is 0 Å². The fourth-order valence-electron chi connectivity index (χ4n) is 3.92. The van der Waals surface area contributed by atoms with Crippen molar-refractivity contribution in [1.29, 1.82) is 0 Å². The van der Waals surface area contributed by atoms with Gasteiger partial charge in [-0.2, -0.15) is 0 Å². The van der Waals surface area contributed by atoms with Gasteiger partial charge in [0.15, 0.2) is 6.04 Å². The highest BCUT2D eigenvalue weighted by Gasteiger charge is 2.36. The van der Waals surface area contributed by atoms with E-state index in [0.29, 0.717) is 0 Å². The van der Waals surface area contributed by atoms with Crippen molar-refractivity contribution in [3.63, 3.8) is 0 Å². The van der Waals surface area contributed by atoms with Gasteiger partial charge in [0.25, 0.3) is 0 Å². The summed E-state index contributed by atoms with van der Waals surface area (Å²) in [6.07, 6.45) is 1.06. The lowest BCUT2D eigenvalue weighted by atomic mass is 9.95. The number of nitrogens with one attached hydrogen (secondary N) is 1. The van der Waals surface area contributed by atoms with Gasteiger partial charge in [-0.3, -0.25) is 0 Å². The van der Waals surface area contributed by atoms with Gasteiger partial charge in [-0.15, -0.1) is 5.10 Å². The number of benzene rings is 2. The van der Waals surface area contributed by atoms with Gasteiger partial charge in [0.2, 0.25) is 5.82 Å². The minimum absolute atomic E-state index is 0.0600. The van der Waals surface area contributed by atoms with Gasteiger partial charge in [0.05, 0.1) is 12.1 Å². The molecule has 0 amide bonds. The number of hydrogen-bond donors (Lipinski definition) is 1. The van der Waals surface area contributed by atoms with Crippen molar-refractivity contribution in [3.8, 4) is 0 Å². The summed E-state index contributed by atoms with van der Waals surface area (Å²) in [5, 5.41) is 13.5. The predicted molar refractivity (Wildman–Crippen MR) is 106 cm³/mol. The molecule has 0 spiro atoms. The molecule has 0 radical (unpaired) electrons. The first-order valence-electron chi connectivity index (χ1n) is 9.39. The fraction of sp³-hybridized carbons (Fsp3) is 0.381. The predicted octanol–water partition coefficient (Wildman–Crippen LogP) is 2.81. The van der Waals surface area contributed by atoms with E-state index >= 15 is 0 Å². The number of hydrogen-bond acceptors (Lipinski definition) is 3. The second-order valence-corrected chi connectivity index (χ2v) is 8.64. The summed E-state index contributed by atoms with van der Waals surface area (Å²) in [6.45, 7) is 8.40. The molecule has 27 heavy (non-hydrogen) atoms. The lowest BCUT2D eigenvalue weighted by Crippen LogP contribution is -3.12. The molecule has 0 saturated heterocycles. The molecule has 2 heterocycles. The van der Waals surface area contributed by atoms with Gasteiger partial charge in [-0.05, 0) is 48.9 Å². The molecule has 2 aromatic carbocycles. The monoisotopic (exact) mass is 382 g/mol. The highest BCUT2D eigenvalue weighted by Crippen LogP contribution is 2.24. The number of tetrazole rings is 1. The van der Waals surface area contributed by atoms with E-state index in [2.05, 4.69) is 72.7 Å². The van der Waals surface area contributed by atoms with Crippen LogP contribution in [0.2, 0.25) is 5.02 Å². The topological polar surface area (TPSA) is 48.0 Å². The molecule has 6 heteroatoms. The van der Waals surface area contributed by atoms with Gasteiger partial charge in [-0.25, -0.2) is 4.68 Å². The van der Waals surface area contributed by atoms with Gasteiger partial charge in [0, 0.05) is 22.6 Å². The average Bonchev–Trinajstić information content (AvgIpc) is 3.13. The zero-order valence-electron chi connectivity index (χ0n) is 16.0. The Kier molecular flexibility index (Phi) is 4.74. The van der Waals surface area contributed by atoms with E-state index in [1.807, 2.05) is 16.8 Å². The number of aromatic nitrogens is 4. The first-order valence-corrected chi connectivity index (χ1v) is 9.77. The molecule has 0 fully saturated rings. The van der Waals surface area contributed by atoms with Crippen molar-refractivity contribution in [2.75, 3.05) is 6.54 Å². The number of rotatable bonds is 3. The molecule has 1 aliphatic rings. The number of halogens is 1. The Hall–Kier alpha value is -2.24. The highest BCUT2D eigenvalue weighted by atomic mass is 35.5. The number of quaternary nitrogens is 1. The van der Waals surface area contributed by atoms with Crippen LogP contribution in [0.25, 0.3) is 0 Å². The third-order valence-corrected chi connectivity index (χ3v) is 5.50. The van der Waals surface area contributed by atoms with Crippen molar-refractivity contribution in [2.45, 2.75) is 45.3 Å². The molecule has 1 aromatic heterocycles. The summed E-state index contributed by atoms with van der Waals surface area (Å²) >= 11 is 6.15. The van der Waals surface area contributed by atoms with Crippen LogP contribution in [0.4, 0.5) is 0 Å². The third-order valence-electron chi connectivity index (χ3n) is 5.25. The Labute approximate surface area is 165 Å². The maximum absolute atomic E-state index is 6.15. The summed E-state index contributed by atoms with van der Waals surface area (Å²) in [6, 6.07) is 16.9.